The summed E-state index contributed by atoms with van der Waals surface area (Å²) in [5, 5.41) is 7.55. The minimum Gasteiger partial charge on any atom is -0.333 e. The lowest BCUT2D eigenvalue weighted by Gasteiger charge is -2.36. The summed E-state index contributed by atoms with van der Waals surface area (Å²) in [4.78, 5) is 19.6. The number of thiazole rings is 1. The van der Waals surface area contributed by atoms with Gasteiger partial charge in [-0.2, -0.15) is 5.10 Å². The minimum atomic E-state index is -0.0350. The van der Waals surface area contributed by atoms with Crippen molar-refractivity contribution in [2.24, 2.45) is 13.0 Å². The molecule has 0 unspecified atom stereocenters. The molecule has 0 saturated carbocycles. The number of aryl methyl sites for hydroxylation is 2. The maximum atomic E-state index is 13.1. The molecule has 2 atom stereocenters. The number of aromatic nitrogens is 3. The second kappa shape index (κ2) is 7.05. The van der Waals surface area contributed by atoms with Crippen LogP contribution in [0.2, 0.25) is 0 Å². The molecule has 0 N–H and O–H groups in total. The van der Waals surface area contributed by atoms with E-state index in [2.05, 4.69) is 21.9 Å². The van der Waals surface area contributed by atoms with Gasteiger partial charge in [-0.3, -0.25) is 9.48 Å². The summed E-state index contributed by atoms with van der Waals surface area (Å²) < 4.78 is 1.90. The van der Waals surface area contributed by atoms with Gasteiger partial charge in [-0.25, -0.2) is 4.98 Å². The van der Waals surface area contributed by atoms with E-state index in [1.165, 1.54) is 12.0 Å². The summed E-state index contributed by atoms with van der Waals surface area (Å²) in [6, 6.07) is 0.157. The van der Waals surface area contributed by atoms with E-state index in [0.29, 0.717) is 0 Å². The third kappa shape index (κ3) is 3.24. The van der Waals surface area contributed by atoms with Crippen LogP contribution in [0, 0.1) is 19.8 Å². The Morgan fingerprint density at radius 3 is 2.83 bits per heavy atom. The molecule has 0 aromatic carbocycles. The molecule has 0 spiro atoms. The lowest BCUT2D eigenvalue weighted by Crippen LogP contribution is -2.41. The van der Waals surface area contributed by atoms with E-state index in [0.717, 1.165) is 42.2 Å². The maximum Gasteiger partial charge on any atom is 0.226 e. The number of hydrogen-bond donors (Lipinski definition) is 0. The summed E-state index contributed by atoms with van der Waals surface area (Å²) >= 11 is 1.66. The number of carbonyl (C=O) groups excluding carboxylic acids is 1. The molecule has 24 heavy (non-hydrogen) atoms. The van der Waals surface area contributed by atoms with Gasteiger partial charge in [0.25, 0.3) is 0 Å². The zero-order valence-electron chi connectivity index (χ0n) is 15.0. The first-order chi connectivity index (χ1) is 11.5. The van der Waals surface area contributed by atoms with Crippen LogP contribution in [0.5, 0.6) is 0 Å². The van der Waals surface area contributed by atoms with Crippen molar-refractivity contribution >= 4 is 17.2 Å². The third-order valence-corrected chi connectivity index (χ3v) is 5.99. The van der Waals surface area contributed by atoms with Crippen molar-refractivity contribution in [3.05, 3.63) is 33.5 Å². The first-order valence-corrected chi connectivity index (χ1v) is 9.56. The van der Waals surface area contributed by atoms with Crippen molar-refractivity contribution in [3.8, 4) is 0 Å². The SMILES string of the molecule is Cc1nn(C)c(C)c1C[C@H](C)C(=O)N1CCCC[C@@H]1c1nccs1. The fraction of sp³-hybridized carbons (Fsp3) is 0.611. The molecule has 0 aliphatic carbocycles. The molecule has 1 aliphatic heterocycles. The zero-order chi connectivity index (χ0) is 17.3. The average molecular weight is 346 g/mol. The van der Waals surface area contributed by atoms with Gasteiger partial charge in [0.05, 0.1) is 11.7 Å². The highest BCUT2D eigenvalue weighted by atomic mass is 32.1. The molecule has 6 heteroatoms. The molecular formula is C18H26N4OS. The molecule has 3 heterocycles. The van der Waals surface area contributed by atoms with E-state index in [1.807, 2.05) is 37.2 Å². The second-order valence-electron chi connectivity index (χ2n) is 6.79. The van der Waals surface area contributed by atoms with E-state index in [9.17, 15) is 4.79 Å². The highest BCUT2D eigenvalue weighted by Crippen LogP contribution is 2.33. The van der Waals surface area contributed by atoms with Crippen LogP contribution in [-0.4, -0.2) is 32.1 Å². The van der Waals surface area contributed by atoms with E-state index in [-0.39, 0.29) is 17.9 Å². The monoisotopic (exact) mass is 346 g/mol. The molecule has 130 valence electrons. The summed E-state index contributed by atoms with van der Waals surface area (Å²) in [5.41, 5.74) is 3.40. The van der Waals surface area contributed by atoms with Crippen LogP contribution in [0.15, 0.2) is 11.6 Å². The van der Waals surface area contributed by atoms with Gasteiger partial charge >= 0.3 is 0 Å². The standard InChI is InChI=1S/C18H26N4OS/c1-12(11-15-13(2)20-21(4)14(15)3)18(23)22-9-6-5-7-16(22)17-19-8-10-24-17/h8,10,12,16H,5-7,9,11H2,1-4H3/t12-,16+/m0/s1. The van der Waals surface area contributed by atoms with Crippen LogP contribution >= 0.6 is 11.3 Å². The Bertz CT molecular complexity index is 707. The largest absolute Gasteiger partial charge is 0.333 e. The molecule has 1 amide bonds. The van der Waals surface area contributed by atoms with Crippen LogP contribution in [0.3, 0.4) is 0 Å². The van der Waals surface area contributed by atoms with Gasteiger partial charge in [-0.05, 0) is 45.1 Å². The summed E-state index contributed by atoms with van der Waals surface area (Å²) in [6.07, 6.45) is 5.87. The Kier molecular flexibility index (Phi) is 5.04. The number of piperidine rings is 1. The smallest absolute Gasteiger partial charge is 0.226 e. The predicted molar refractivity (Wildman–Crippen MR) is 96.0 cm³/mol. The molecule has 1 fully saturated rings. The number of amides is 1. The molecule has 3 rings (SSSR count). The first kappa shape index (κ1) is 17.1. The minimum absolute atomic E-state index is 0.0350. The van der Waals surface area contributed by atoms with Gasteiger partial charge < -0.3 is 4.90 Å². The van der Waals surface area contributed by atoms with Crippen LogP contribution in [0.4, 0.5) is 0 Å². The van der Waals surface area contributed by atoms with Crippen LogP contribution in [0.25, 0.3) is 0 Å². The van der Waals surface area contributed by atoms with Gasteiger partial charge in [0.2, 0.25) is 5.91 Å². The Morgan fingerprint density at radius 1 is 1.42 bits per heavy atom. The number of nitrogens with zero attached hydrogens (tertiary/aromatic N) is 4. The third-order valence-electron chi connectivity index (χ3n) is 5.11. The van der Waals surface area contributed by atoms with Crippen molar-refractivity contribution in [1.29, 1.82) is 0 Å². The Hall–Kier alpha value is -1.69. The highest BCUT2D eigenvalue weighted by Gasteiger charge is 2.32. The summed E-state index contributed by atoms with van der Waals surface area (Å²) in [5.74, 6) is 0.213. The number of likely N-dealkylation sites (tertiary alicyclic amines) is 1. The van der Waals surface area contributed by atoms with Crippen LogP contribution < -0.4 is 0 Å². The van der Waals surface area contributed by atoms with E-state index in [1.54, 1.807) is 11.3 Å². The van der Waals surface area contributed by atoms with E-state index in [4.69, 9.17) is 0 Å². The molecule has 0 bridgehead atoms. The lowest BCUT2D eigenvalue weighted by molar-refractivity contribution is -0.139. The topological polar surface area (TPSA) is 51.0 Å². The Balaban J connectivity index is 1.76. The number of hydrogen-bond acceptors (Lipinski definition) is 4. The lowest BCUT2D eigenvalue weighted by atomic mass is 9.95. The Labute approximate surface area is 147 Å². The van der Waals surface area contributed by atoms with Gasteiger partial charge in [0, 0.05) is 36.8 Å². The van der Waals surface area contributed by atoms with Crippen molar-refractivity contribution in [2.75, 3.05) is 6.54 Å². The zero-order valence-corrected chi connectivity index (χ0v) is 15.8. The van der Waals surface area contributed by atoms with Crippen molar-refractivity contribution in [3.63, 3.8) is 0 Å². The molecular weight excluding hydrogens is 320 g/mol. The average Bonchev–Trinajstić information content (AvgIpc) is 3.19. The molecule has 0 radical (unpaired) electrons. The van der Waals surface area contributed by atoms with Gasteiger partial charge in [0.15, 0.2) is 0 Å². The summed E-state index contributed by atoms with van der Waals surface area (Å²) in [6.45, 7) is 6.99. The number of carbonyl (C=O) groups is 1. The molecule has 2 aromatic rings. The fourth-order valence-electron chi connectivity index (χ4n) is 3.64. The fourth-order valence-corrected chi connectivity index (χ4v) is 4.43. The normalized spacial score (nSPS) is 19.5. The van der Waals surface area contributed by atoms with Crippen LogP contribution in [0.1, 0.15) is 54.2 Å². The molecule has 2 aromatic heterocycles. The van der Waals surface area contributed by atoms with Gasteiger partial charge in [-0.1, -0.05) is 6.92 Å². The van der Waals surface area contributed by atoms with Gasteiger partial charge in [-0.15, -0.1) is 11.3 Å². The highest BCUT2D eigenvalue weighted by molar-refractivity contribution is 7.09. The second-order valence-corrected chi connectivity index (χ2v) is 7.72. The Morgan fingerprint density at radius 2 is 2.21 bits per heavy atom. The van der Waals surface area contributed by atoms with E-state index < -0.39 is 0 Å². The quantitative estimate of drug-likeness (QED) is 0.852. The number of rotatable bonds is 4. The van der Waals surface area contributed by atoms with E-state index >= 15 is 0 Å². The summed E-state index contributed by atoms with van der Waals surface area (Å²) in [7, 11) is 1.96. The molecule has 5 nitrogen and oxygen atoms in total. The maximum absolute atomic E-state index is 13.1. The molecule has 1 saturated heterocycles. The van der Waals surface area contributed by atoms with Crippen LogP contribution in [-0.2, 0) is 18.3 Å². The molecule has 1 aliphatic rings. The van der Waals surface area contributed by atoms with Crippen molar-refractivity contribution in [1.82, 2.24) is 19.7 Å². The van der Waals surface area contributed by atoms with Crippen molar-refractivity contribution in [2.45, 2.75) is 52.5 Å². The first-order valence-electron chi connectivity index (χ1n) is 8.68. The van der Waals surface area contributed by atoms with Crippen molar-refractivity contribution < 1.29 is 4.79 Å². The van der Waals surface area contributed by atoms with Gasteiger partial charge in [0.1, 0.15) is 5.01 Å². The predicted octanol–water partition coefficient (Wildman–Crippen LogP) is 3.43.